The summed E-state index contributed by atoms with van der Waals surface area (Å²) in [5.74, 6) is 0.898. The van der Waals surface area contributed by atoms with Crippen LogP contribution in [-0.2, 0) is 6.54 Å². The lowest BCUT2D eigenvalue weighted by Gasteiger charge is -2.03. The van der Waals surface area contributed by atoms with Gasteiger partial charge in [0.1, 0.15) is 0 Å². The standard InChI is InChI=1S/C10H15NS/c1-8-6-9(2)11(4-5-12)10(3)7-8/h6-7H,4-5H2,1-3H3/p+1. The summed E-state index contributed by atoms with van der Waals surface area (Å²) in [5, 5.41) is 0. The molecular formula is C10H16NS+. The second-order valence-corrected chi connectivity index (χ2v) is 3.64. The van der Waals surface area contributed by atoms with Gasteiger partial charge in [0.05, 0.1) is 0 Å². The minimum atomic E-state index is 0.898. The minimum Gasteiger partial charge on any atom is -0.199 e. The summed E-state index contributed by atoms with van der Waals surface area (Å²) in [6.07, 6.45) is 0. The molecule has 0 aliphatic heterocycles. The average molecular weight is 182 g/mol. The van der Waals surface area contributed by atoms with Gasteiger partial charge in [0.25, 0.3) is 0 Å². The van der Waals surface area contributed by atoms with E-state index in [-0.39, 0.29) is 0 Å². The van der Waals surface area contributed by atoms with Crippen LogP contribution < -0.4 is 4.57 Å². The van der Waals surface area contributed by atoms with Crippen LogP contribution in [0.3, 0.4) is 0 Å². The molecule has 0 fully saturated rings. The monoisotopic (exact) mass is 182 g/mol. The zero-order chi connectivity index (χ0) is 9.14. The second kappa shape index (κ2) is 3.94. The summed E-state index contributed by atoms with van der Waals surface area (Å²) in [5.41, 5.74) is 3.98. The summed E-state index contributed by atoms with van der Waals surface area (Å²) in [7, 11) is 0. The topological polar surface area (TPSA) is 3.88 Å². The first kappa shape index (κ1) is 9.59. The Labute approximate surface area is 79.8 Å². The fraction of sp³-hybridized carbons (Fsp3) is 0.500. The number of hydrogen-bond acceptors (Lipinski definition) is 1. The van der Waals surface area contributed by atoms with Gasteiger partial charge in [-0.1, -0.05) is 0 Å². The lowest BCUT2D eigenvalue weighted by Crippen LogP contribution is -2.41. The Balaban J connectivity index is 3.10. The summed E-state index contributed by atoms with van der Waals surface area (Å²) < 4.78 is 2.29. The van der Waals surface area contributed by atoms with E-state index >= 15 is 0 Å². The van der Waals surface area contributed by atoms with Crippen LogP contribution in [0.2, 0.25) is 0 Å². The van der Waals surface area contributed by atoms with Crippen LogP contribution in [0.4, 0.5) is 0 Å². The molecule has 1 aromatic rings. The highest BCUT2D eigenvalue weighted by Gasteiger charge is 2.09. The molecule has 0 unspecified atom stereocenters. The third-order valence-electron chi connectivity index (χ3n) is 2.05. The maximum atomic E-state index is 4.23. The first-order valence-corrected chi connectivity index (χ1v) is 4.87. The highest BCUT2D eigenvalue weighted by atomic mass is 32.1. The Kier molecular flexibility index (Phi) is 3.15. The maximum absolute atomic E-state index is 4.23. The molecule has 1 rings (SSSR count). The molecule has 0 saturated carbocycles. The van der Waals surface area contributed by atoms with Crippen LogP contribution in [0.15, 0.2) is 12.1 Å². The number of aromatic nitrogens is 1. The average Bonchev–Trinajstić information content (AvgIpc) is 1.96. The molecule has 0 aliphatic carbocycles. The van der Waals surface area contributed by atoms with Gasteiger partial charge in [-0.3, -0.25) is 0 Å². The van der Waals surface area contributed by atoms with Crippen LogP contribution in [0, 0.1) is 20.8 Å². The van der Waals surface area contributed by atoms with E-state index in [9.17, 15) is 0 Å². The summed E-state index contributed by atoms with van der Waals surface area (Å²) >= 11 is 4.23. The van der Waals surface area contributed by atoms with Crippen LogP contribution in [0.25, 0.3) is 0 Å². The molecule has 0 bridgehead atoms. The molecule has 0 radical (unpaired) electrons. The number of hydrogen-bond donors (Lipinski definition) is 1. The Hall–Kier alpha value is -0.500. The summed E-state index contributed by atoms with van der Waals surface area (Å²) in [6, 6.07) is 4.41. The quantitative estimate of drug-likeness (QED) is 0.525. The van der Waals surface area contributed by atoms with E-state index < -0.39 is 0 Å². The van der Waals surface area contributed by atoms with Gasteiger partial charge >= 0.3 is 0 Å². The molecule has 0 N–H and O–H groups in total. The third kappa shape index (κ3) is 2.01. The minimum absolute atomic E-state index is 0.898. The molecule has 0 aliphatic rings. The van der Waals surface area contributed by atoms with E-state index in [0.717, 1.165) is 12.3 Å². The maximum Gasteiger partial charge on any atom is 0.178 e. The van der Waals surface area contributed by atoms with Crippen molar-refractivity contribution >= 4 is 12.6 Å². The Morgan fingerprint density at radius 3 is 2.08 bits per heavy atom. The molecule has 0 aromatic carbocycles. The molecule has 12 heavy (non-hydrogen) atoms. The predicted molar refractivity (Wildman–Crippen MR) is 54.7 cm³/mol. The van der Waals surface area contributed by atoms with Crippen molar-refractivity contribution in [1.29, 1.82) is 0 Å². The molecule has 0 spiro atoms. The molecule has 2 heteroatoms. The van der Waals surface area contributed by atoms with Gasteiger partial charge in [-0.05, 0) is 12.5 Å². The largest absolute Gasteiger partial charge is 0.199 e. The van der Waals surface area contributed by atoms with Gasteiger partial charge in [0.2, 0.25) is 0 Å². The Morgan fingerprint density at radius 2 is 1.67 bits per heavy atom. The van der Waals surface area contributed by atoms with E-state index in [1.165, 1.54) is 17.0 Å². The molecule has 1 nitrogen and oxygen atoms in total. The van der Waals surface area contributed by atoms with Crippen molar-refractivity contribution in [3.8, 4) is 0 Å². The SMILES string of the molecule is Cc1cc(C)[n+](CCS)c(C)c1. The number of aryl methyl sites for hydroxylation is 3. The van der Waals surface area contributed by atoms with Crippen LogP contribution in [0.5, 0.6) is 0 Å². The van der Waals surface area contributed by atoms with Crippen LogP contribution >= 0.6 is 12.6 Å². The number of thiol groups is 1. The van der Waals surface area contributed by atoms with Gasteiger partial charge in [0, 0.05) is 31.7 Å². The highest BCUT2D eigenvalue weighted by Crippen LogP contribution is 2.01. The van der Waals surface area contributed by atoms with Crippen molar-refractivity contribution in [2.45, 2.75) is 27.3 Å². The van der Waals surface area contributed by atoms with E-state index in [4.69, 9.17) is 0 Å². The van der Waals surface area contributed by atoms with E-state index in [1.54, 1.807) is 0 Å². The van der Waals surface area contributed by atoms with Crippen LogP contribution in [0.1, 0.15) is 17.0 Å². The van der Waals surface area contributed by atoms with Crippen molar-refractivity contribution in [3.63, 3.8) is 0 Å². The number of pyridine rings is 1. The van der Waals surface area contributed by atoms with Crippen molar-refractivity contribution in [3.05, 3.63) is 29.1 Å². The van der Waals surface area contributed by atoms with E-state index in [2.05, 4.69) is 50.1 Å². The fourth-order valence-electron chi connectivity index (χ4n) is 1.59. The van der Waals surface area contributed by atoms with E-state index in [1.807, 2.05) is 0 Å². The molecule has 66 valence electrons. The number of rotatable bonds is 2. The summed E-state index contributed by atoms with van der Waals surface area (Å²) in [6.45, 7) is 7.42. The molecule has 1 aromatic heterocycles. The molecule has 0 amide bonds. The van der Waals surface area contributed by atoms with Gasteiger partial charge in [-0.25, -0.2) is 0 Å². The molecule has 1 heterocycles. The zero-order valence-electron chi connectivity index (χ0n) is 7.96. The van der Waals surface area contributed by atoms with Crippen molar-refractivity contribution in [2.75, 3.05) is 5.75 Å². The Bertz CT molecular complexity index is 258. The lowest BCUT2D eigenvalue weighted by molar-refractivity contribution is -0.704. The van der Waals surface area contributed by atoms with Crippen molar-refractivity contribution in [2.24, 2.45) is 0 Å². The fourth-order valence-corrected chi connectivity index (χ4v) is 1.79. The first-order valence-electron chi connectivity index (χ1n) is 4.23. The summed E-state index contributed by atoms with van der Waals surface area (Å²) in [4.78, 5) is 0. The highest BCUT2D eigenvalue weighted by molar-refractivity contribution is 7.80. The lowest BCUT2D eigenvalue weighted by atomic mass is 10.2. The van der Waals surface area contributed by atoms with Gasteiger partial charge in [0.15, 0.2) is 17.9 Å². The molecule has 0 atom stereocenters. The first-order chi connectivity index (χ1) is 5.65. The predicted octanol–water partition coefficient (Wildman–Crippen LogP) is 1.83. The normalized spacial score (nSPS) is 10.3. The van der Waals surface area contributed by atoms with Crippen molar-refractivity contribution < 1.29 is 4.57 Å². The number of nitrogens with zero attached hydrogens (tertiary/aromatic N) is 1. The Morgan fingerprint density at radius 1 is 1.17 bits per heavy atom. The molecule has 0 saturated heterocycles. The molecular weight excluding hydrogens is 166 g/mol. The van der Waals surface area contributed by atoms with E-state index in [0.29, 0.717) is 0 Å². The third-order valence-corrected chi connectivity index (χ3v) is 2.25. The zero-order valence-corrected chi connectivity index (χ0v) is 8.86. The van der Waals surface area contributed by atoms with Crippen molar-refractivity contribution in [1.82, 2.24) is 0 Å². The van der Waals surface area contributed by atoms with Crippen LogP contribution in [-0.4, -0.2) is 5.75 Å². The second-order valence-electron chi connectivity index (χ2n) is 3.19. The van der Waals surface area contributed by atoms with Gasteiger partial charge in [-0.15, -0.1) is 0 Å². The van der Waals surface area contributed by atoms with Gasteiger partial charge in [-0.2, -0.15) is 17.2 Å². The smallest absolute Gasteiger partial charge is 0.178 e. The van der Waals surface area contributed by atoms with Gasteiger partial charge < -0.3 is 0 Å².